The highest BCUT2D eigenvalue weighted by Crippen LogP contribution is 2.46. The summed E-state index contributed by atoms with van der Waals surface area (Å²) >= 11 is 0. The van der Waals surface area contributed by atoms with Crippen LogP contribution in [0.15, 0.2) is 150 Å². The van der Waals surface area contributed by atoms with Crippen molar-refractivity contribution in [3.8, 4) is 22.3 Å². The van der Waals surface area contributed by atoms with Gasteiger partial charge in [0.05, 0.1) is 6.85 Å². The van der Waals surface area contributed by atoms with Crippen molar-refractivity contribution in [3.05, 3.63) is 145 Å². The second-order valence-electron chi connectivity index (χ2n) is 10.5. The van der Waals surface area contributed by atoms with Crippen LogP contribution in [0.2, 0.25) is 0 Å². The summed E-state index contributed by atoms with van der Waals surface area (Å²) in [4.78, 5) is 0. The molecule has 1 nitrogen and oxygen atoms in total. The van der Waals surface area contributed by atoms with E-state index in [9.17, 15) is 0 Å². The lowest BCUT2D eigenvalue weighted by Crippen LogP contribution is -1.89. The molecule has 0 atom stereocenters. The van der Waals surface area contributed by atoms with Crippen LogP contribution in [-0.4, -0.2) is 0 Å². The Morgan fingerprint density at radius 3 is 1.95 bits per heavy atom. The van der Waals surface area contributed by atoms with E-state index < -0.39 is 6.04 Å². The van der Waals surface area contributed by atoms with E-state index in [4.69, 9.17) is 11.3 Å². The van der Waals surface area contributed by atoms with Gasteiger partial charge in [-0.25, -0.2) is 0 Å². The van der Waals surface area contributed by atoms with Crippen molar-refractivity contribution in [2.24, 2.45) is 0 Å². The van der Waals surface area contributed by atoms with Crippen LogP contribution in [-0.2, 0) is 0 Å². The third-order valence-corrected chi connectivity index (χ3v) is 8.27. The van der Waals surface area contributed by atoms with E-state index in [1.54, 1.807) is 0 Å². The summed E-state index contributed by atoms with van der Waals surface area (Å²) in [5.74, 6) is 0. The molecular formula is C40H24O. The largest absolute Gasteiger partial charge is 0.456 e. The fourth-order valence-electron chi connectivity index (χ4n) is 6.44. The second-order valence-corrected chi connectivity index (χ2v) is 10.5. The molecule has 0 spiro atoms. The Labute approximate surface area is 243 Å². The molecule has 9 rings (SSSR count). The lowest BCUT2D eigenvalue weighted by Gasteiger charge is -2.16. The lowest BCUT2D eigenvalue weighted by molar-refractivity contribution is 0.669. The first-order valence-electron chi connectivity index (χ1n) is 16.2. The molecule has 9 aromatic rings. The molecule has 0 radical (unpaired) electrons. The molecule has 8 aromatic carbocycles. The van der Waals surface area contributed by atoms with Gasteiger partial charge in [-0.15, -0.1) is 0 Å². The Kier molecular flexibility index (Phi) is 3.76. The van der Waals surface area contributed by atoms with E-state index >= 15 is 0 Å². The molecule has 0 aliphatic rings. The number of rotatable bonds is 2. The lowest BCUT2D eigenvalue weighted by atomic mass is 9.86. The van der Waals surface area contributed by atoms with Gasteiger partial charge < -0.3 is 4.42 Å². The van der Waals surface area contributed by atoms with Crippen molar-refractivity contribution in [2.75, 3.05) is 0 Å². The molecular weight excluding hydrogens is 496 g/mol. The van der Waals surface area contributed by atoms with E-state index in [1.165, 1.54) is 0 Å². The van der Waals surface area contributed by atoms with Crippen LogP contribution in [0.1, 0.15) is 6.85 Å². The molecule has 0 saturated heterocycles. The van der Waals surface area contributed by atoms with Crippen molar-refractivity contribution >= 4 is 65.0 Å². The normalized spacial score (nSPS) is 13.6. The first-order valence-corrected chi connectivity index (χ1v) is 13.7. The molecule has 41 heavy (non-hydrogen) atoms. The van der Waals surface area contributed by atoms with Crippen molar-refractivity contribution in [2.45, 2.75) is 0 Å². The van der Waals surface area contributed by atoms with Crippen molar-refractivity contribution in [1.29, 1.82) is 0 Å². The summed E-state index contributed by atoms with van der Waals surface area (Å²) in [6.07, 6.45) is 0. The van der Waals surface area contributed by atoms with Gasteiger partial charge in [0.25, 0.3) is 0 Å². The zero-order chi connectivity index (χ0) is 31.3. The molecule has 190 valence electrons. The Morgan fingerprint density at radius 1 is 0.439 bits per heavy atom. The number of hydrogen-bond donors (Lipinski definition) is 0. The quantitative estimate of drug-likeness (QED) is 0.162. The third kappa shape index (κ3) is 3.36. The first-order chi connectivity index (χ1) is 22.4. The summed E-state index contributed by atoms with van der Waals surface area (Å²) in [7, 11) is 0. The average Bonchev–Trinajstić information content (AvgIpc) is 3.44. The van der Waals surface area contributed by atoms with E-state index in [-0.39, 0.29) is 29.7 Å². The predicted molar refractivity (Wildman–Crippen MR) is 175 cm³/mol. The van der Waals surface area contributed by atoms with E-state index in [1.807, 2.05) is 48.5 Å². The summed E-state index contributed by atoms with van der Waals surface area (Å²) in [5.41, 5.74) is 3.86. The SMILES string of the molecule is [2H]c1c([2H])c([2H])c(-c2cc(-c3c4ccccc4cc4c3ccc3ccccc34)c3c(c2)oc2cc4ccccc4cc23)c([2H])c1[2H]. The monoisotopic (exact) mass is 525 g/mol. The minimum absolute atomic E-state index is 0.148. The second kappa shape index (κ2) is 8.55. The number of benzene rings is 8. The minimum atomic E-state index is -0.414. The topological polar surface area (TPSA) is 13.1 Å². The molecule has 0 aliphatic carbocycles. The van der Waals surface area contributed by atoms with E-state index in [0.717, 1.165) is 70.6 Å². The van der Waals surface area contributed by atoms with Crippen LogP contribution < -0.4 is 0 Å². The van der Waals surface area contributed by atoms with Gasteiger partial charge in [-0.2, -0.15) is 0 Å². The standard InChI is InChI=1S/C40H24O/c1-2-10-25(11-3-1)30-22-36(40-35-20-27-13-4-5-14-28(27)23-37(35)41-38(40)24-30)39-32-17-9-7-15-29(32)21-34-31-16-8-6-12-26(31)18-19-33(34)39/h1-24H/i1D,2D,3D,10D,11D. The summed E-state index contributed by atoms with van der Waals surface area (Å²) < 4.78 is 49.2. The summed E-state index contributed by atoms with van der Waals surface area (Å²) in [5, 5.41) is 10.6. The smallest absolute Gasteiger partial charge is 0.136 e. The van der Waals surface area contributed by atoms with Gasteiger partial charge in [0.15, 0.2) is 0 Å². The zero-order valence-electron chi connectivity index (χ0n) is 26.9. The van der Waals surface area contributed by atoms with Crippen molar-refractivity contribution < 1.29 is 11.3 Å². The Balaban J connectivity index is 1.52. The molecule has 1 heterocycles. The third-order valence-electron chi connectivity index (χ3n) is 8.27. The number of hydrogen-bond acceptors (Lipinski definition) is 1. The van der Waals surface area contributed by atoms with Crippen molar-refractivity contribution in [1.82, 2.24) is 0 Å². The van der Waals surface area contributed by atoms with Crippen LogP contribution in [0.4, 0.5) is 0 Å². The van der Waals surface area contributed by atoms with Gasteiger partial charge in [-0.1, -0.05) is 115 Å². The maximum Gasteiger partial charge on any atom is 0.136 e. The molecule has 1 aromatic heterocycles. The molecule has 0 aliphatic heterocycles. The molecule has 0 fully saturated rings. The van der Waals surface area contributed by atoms with Gasteiger partial charge >= 0.3 is 0 Å². The first kappa shape index (κ1) is 18.0. The van der Waals surface area contributed by atoms with Gasteiger partial charge in [-0.3, -0.25) is 0 Å². The average molecular weight is 526 g/mol. The highest BCUT2D eigenvalue weighted by Gasteiger charge is 2.20. The zero-order valence-corrected chi connectivity index (χ0v) is 21.9. The highest BCUT2D eigenvalue weighted by molar-refractivity contribution is 6.25. The van der Waals surface area contributed by atoms with Crippen LogP contribution >= 0.6 is 0 Å². The van der Waals surface area contributed by atoms with Crippen LogP contribution in [0.3, 0.4) is 0 Å². The fraction of sp³-hybridized carbons (Fsp3) is 0. The molecule has 1 heteroatoms. The van der Waals surface area contributed by atoms with Gasteiger partial charge in [0.1, 0.15) is 11.2 Å². The number of fused-ring (bicyclic) bond motifs is 8. The summed E-state index contributed by atoms with van der Waals surface area (Å²) in [6.45, 7) is 0. The van der Waals surface area contributed by atoms with Crippen LogP contribution in [0.5, 0.6) is 0 Å². The Bertz CT molecular complexity index is 2730. The van der Waals surface area contributed by atoms with Gasteiger partial charge in [0.2, 0.25) is 0 Å². The Morgan fingerprint density at radius 2 is 1.12 bits per heavy atom. The molecule has 0 amide bonds. The van der Waals surface area contributed by atoms with E-state index in [0.29, 0.717) is 11.1 Å². The fourth-order valence-corrected chi connectivity index (χ4v) is 6.44. The maximum atomic E-state index is 8.81. The highest BCUT2D eigenvalue weighted by atomic mass is 16.3. The van der Waals surface area contributed by atoms with Gasteiger partial charge in [-0.05, 0) is 95.7 Å². The molecule has 0 bridgehead atoms. The van der Waals surface area contributed by atoms with Gasteiger partial charge in [0, 0.05) is 10.8 Å². The number of furan rings is 1. The van der Waals surface area contributed by atoms with Crippen LogP contribution in [0, 0.1) is 0 Å². The molecule has 0 N–H and O–H groups in total. The molecule has 0 saturated carbocycles. The summed E-state index contributed by atoms with van der Waals surface area (Å²) in [6, 6.07) is 37.8. The maximum absolute atomic E-state index is 8.81. The van der Waals surface area contributed by atoms with Crippen molar-refractivity contribution in [3.63, 3.8) is 0 Å². The molecule has 0 unspecified atom stereocenters. The van der Waals surface area contributed by atoms with E-state index in [2.05, 4.69) is 66.7 Å². The predicted octanol–water partition coefficient (Wildman–Crippen LogP) is 11.5. The Hall–Kier alpha value is -5.40. The minimum Gasteiger partial charge on any atom is -0.456 e. The van der Waals surface area contributed by atoms with Crippen LogP contribution in [0.25, 0.3) is 87.3 Å².